The molecule has 0 radical (unpaired) electrons. The monoisotopic (exact) mass is 381 g/mol. The van der Waals surface area contributed by atoms with E-state index in [1.165, 1.54) is 22.9 Å². The van der Waals surface area contributed by atoms with E-state index in [-0.39, 0.29) is 11.4 Å². The lowest BCUT2D eigenvalue weighted by atomic mass is 10.0. The number of halogens is 3. The summed E-state index contributed by atoms with van der Waals surface area (Å²) < 4.78 is 42.5. The molecule has 0 amide bonds. The van der Waals surface area contributed by atoms with E-state index in [0.29, 0.717) is 28.1 Å². The first kappa shape index (κ1) is 18.2. The van der Waals surface area contributed by atoms with Gasteiger partial charge in [0.15, 0.2) is 5.65 Å². The first-order chi connectivity index (χ1) is 13.3. The molecule has 0 saturated heterocycles. The highest BCUT2D eigenvalue weighted by atomic mass is 19.3. The molecule has 0 N–H and O–H groups in total. The zero-order valence-corrected chi connectivity index (χ0v) is 15.7. The highest BCUT2D eigenvalue weighted by Gasteiger charge is 2.21. The van der Waals surface area contributed by atoms with Crippen molar-refractivity contribution < 1.29 is 13.2 Å². The molecule has 28 heavy (non-hydrogen) atoms. The third kappa shape index (κ3) is 3.05. The Labute approximate surface area is 160 Å². The van der Waals surface area contributed by atoms with E-state index >= 15 is 0 Å². The maximum Gasteiger partial charge on any atom is 0.264 e. The number of hydrogen-bond donors (Lipinski definition) is 0. The van der Waals surface area contributed by atoms with Gasteiger partial charge < -0.3 is 0 Å². The fourth-order valence-electron chi connectivity index (χ4n) is 3.31. The molecule has 2 aromatic carbocycles. The van der Waals surface area contributed by atoms with Gasteiger partial charge in [-0.25, -0.2) is 22.8 Å². The van der Waals surface area contributed by atoms with Crippen molar-refractivity contribution in [1.82, 2.24) is 14.8 Å². The molecule has 4 rings (SSSR count). The van der Waals surface area contributed by atoms with Crippen LogP contribution in [0, 0.1) is 26.6 Å². The molecular formula is C22H18F3N3. The minimum Gasteiger partial charge on any atom is -0.228 e. The lowest BCUT2D eigenvalue weighted by Crippen LogP contribution is -2.00. The van der Waals surface area contributed by atoms with Crippen LogP contribution in [0.5, 0.6) is 0 Å². The Hall–Kier alpha value is -3.15. The lowest BCUT2D eigenvalue weighted by molar-refractivity contribution is 0.153. The summed E-state index contributed by atoms with van der Waals surface area (Å²) in [5.41, 5.74) is 4.62. The third-order valence-corrected chi connectivity index (χ3v) is 4.95. The zero-order chi connectivity index (χ0) is 20.0. The van der Waals surface area contributed by atoms with Gasteiger partial charge in [0.1, 0.15) is 5.82 Å². The van der Waals surface area contributed by atoms with Gasteiger partial charge >= 0.3 is 0 Å². The van der Waals surface area contributed by atoms with Crippen molar-refractivity contribution in [3.63, 3.8) is 0 Å². The van der Waals surface area contributed by atoms with Crippen LogP contribution in [0.4, 0.5) is 13.2 Å². The molecule has 3 nitrogen and oxygen atoms in total. The minimum absolute atomic E-state index is 0.107. The Kier molecular flexibility index (Phi) is 4.41. The van der Waals surface area contributed by atoms with Crippen molar-refractivity contribution >= 4 is 11.0 Å². The van der Waals surface area contributed by atoms with Gasteiger partial charge in [0.25, 0.3) is 6.43 Å². The van der Waals surface area contributed by atoms with Gasteiger partial charge in [0, 0.05) is 11.1 Å². The zero-order valence-electron chi connectivity index (χ0n) is 15.7. The predicted octanol–water partition coefficient (Wildman–Crippen LogP) is 6.09. The molecule has 0 aliphatic heterocycles. The highest BCUT2D eigenvalue weighted by molar-refractivity contribution is 5.86. The molecule has 0 bridgehead atoms. The second kappa shape index (κ2) is 6.78. The first-order valence-corrected chi connectivity index (χ1v) is 8.87. The van der Waals surface area contributed by atoms with Gasteiger partial charge in [-0.3, -0.25) is 0 Å². The molecule has 0 fully saturated rings. The molecule has 0 aliphatic rings. The van der Waals surface area contributed by atoms with Gasteiger partial charge in [-0.2, -0.15) is 5.10 Å². The Balaban J connectivity index is 2.01. The van der Waals surface area contributed by atoms with Gasteiger partial charge in [0.2, 0.25) is 0 Å². The van der Waals surface area contributed by atoms with Crippen molar-refractivity contribution in [2.75, 3.05) is 0 Å². The second-order valence-corrected chi connectivity index (χ2v) is 6.87. The molecule has 0 spiro atoms. The molecular weight excluding hydrogens is 363 g/mol. The van der Waals surface area contributed by atoms with Crippen LogP contribution in [0.25, 0.3) is 28.0 Å². The first-order valence-electron chi connectivity index (χ1n) is 8.87. The molecule has 4 aromatic rings. The van der Waals surface area contributed by atoms with E-state index in [1.807, 2.05) is 32.0 Å². The number of hydrogen-bond acceptors (Lipinski definition) is 2. The molecule has 142 valence electrons. The number of aryl methyl sites for hydroxylation is 3. The average molecular weight is 381 g/mol. The second-order valence-electron chi connectivity index (χ2n) is 6.87. The summed E-state index contributed by atoms with van der Waals surface area (Å²) >= 11 is 0. The van der Waals surface area contributed by atoms with Gasteiger partial charge in [-0.15, -0.1) is 0 Å². The van der Waals surface area contributed by atoms with E-state index in [1.54, 1.807) is 19.1 Å². The number of aromatic nitrogens is 3. The van der Waals surface area contributed by atoms with E-state index in [0.717, 1.165) is 16.7 Å². The van der Waals surface area contributed by atoms with Crippen molar-refractivity contribution in [3.05, 3.63) is 76.7 Å². The van der Waals surface area contributed by atoms with Gasteiger partial charge in [0.05, 0.1) is 22.5 Å². The average Bonchev–Trinajstić information content (AvgIpc) is 3.00. The van der Waals surface area contributed by atoms with Crippen molar-refractivity contribution in [1.29, 1.82) is 0 Å². The maximum absolute atomic E-state index is 13.9. The number of nitrogens with zero attached hydrogens (tertiary/aromatic N) is 3. The quantitative estimate of drug-likeness (QED) is 0.430. The fraction of sp³-hybridized carbons (Fsp3) is 0.182. The molecule has 0 atom stereocenters. The van der Waals surface area contributed by atoms with Crippen LogP contribution in [-0.4, -0.2) is 14.8 Å². The summed E-state index contributed by atoms with van der Waals surface area (Å²) in [7, 11) is 0. The number of rotatable bonds is 3. The smallest absolute Gasteiger partial charge is 0.228 e. The summed E-state index contributed by atoms with van der Waals surface area (Å²) in [5, 5.41) is 4.72. The Morgan fingerprint density at radius 3 is 2.25 bits per heavy atom. The molecule has 6 heteroatoms. The Bertz CT molecular complexity index is 1180. The number of pyridine rings is 1. The molecule has 2 heterocycles. The molecule has 0 saturated carbocycles. The Morgan fingerprint density at radius 1 is 0.893 bits per heavy atom. The van der Waals surface area contributed by atoms with Crippen LogP contribution >= 0.6 is 0 Å². The number of benzene rings is 2. The summed E-state index contributed by atoms with van der Waals surface area (Å²) in [6, 6.07) is 12.9. The van der Waals surface area contributed by atoms with Crippen molar-refractivity contribution in [2.24, 2.45) is 0 Å². The summed E-state index contributed by atoms with van der Waals surface area (Å²) in [6.07, 6.45) is -2.67. The standard InChI is InChI=1S/C22H18F3N3/c1-12-4-5-15(10-13(12)2)19-11-18(21(24)25)20-14(3)27-28(22(20)26-19)17-8-6-16(23)7-9-17/h4-11,21H,1-3H3. The van der Waals surface area contributed by atoms with Crippen molar-refractivity contribution in [3.8, 4) is 16.9 Å². The van der Waals surface area contributed by atoms with Crippen LogP contribution < -0.4 is 0 Å². The summed E-state index contributed by atoms with van der Waals surface area (Å²) in [6.45, 7) is 5.64. The minimum atomic E-state index is -2.67. The maximum atomic E-state index is 13.9. The van der Waals surface area contributed by atoms with Gasteiger partial charge in [-0.1, -0.05) is 12.1 Å². The number of fused-ring (bicyclic) bond motifs is 1. The molecule has 2 aromatic heterocycles. The Morgan fingerprint density at radius 2 is 1.61 bits per heavy atom. The van der Waals surface area contributed by atoms with E-state index in [4.69, 9.17) is 0 Å². The SMILES string of the molecule is Cc1ccc(-c2cc(C(F)F)c3c(C)nn(-c4ccc(F)cc4)c3n2)cc1C. The van der Waals surface area contributed by atoms with E-state index in [9.17, 15) is 13.2 Å². The van der Waals surface area contributed by atoms with Crippen molar-refractivity contribution in [2.45, 2.75) is 27.2 Å². The topological polar surface area (TPSA) is 30.7 Å². The molecule has 0 unspecified atom stereocenters. The number of alkyl halides is 2. The predicted molar refractivity (Wildman–Crippen MR) is 103 cm³/mol. The van der Waals surface area contributed by atoms with Crippen LogP contribution in [0.3, 0.4) is 0 Å². The van der Waals surface area contributed by atoms with Crippen LogP contribution in [-0.2, 0) is 0 Å². The van der Waals surface area contributed by atoms with Crippen LogP contribution in [0.15, 0.2) is 48.5 Å². The normalized spacial score (nSPS) is 11.5. The molecule has 0 aliphatic carbocycles. The summed E-state index contributed by atoms with van der Waals surface area (Å²) in [5.74, 6) is -0.381. The lowest BCUT2D eigenvalue weighted by Gasteiger charge is -2.10. The van der Waals surface area contributed by atoms with E-state index in [2.05, 4.69) is 10.1 Å². The third-order valence-electron chi connectivity index (χ3n) is 4.95. The highest BCUT2D eigenvalue weighted by Crippen LogP contribution is 2.34. The van der Waals surface area contributed by atoms with Crippen LogP contribution in [0.2, 0.25) is 0 Å². The summed E-state index contributed by atoms with van der Waals surface area (Å²) in [4.78, 5) is 4.65. The van der Waals surface area contributed by atoms with E-state index < -0.39 is 6.43 Å². The van der Waals surface area contributed by atoms with Crippen LogP contribution in [0.1, 0.15) is 28.8 Å². The van der Waals surface area contributed by atoms with Gasteiger partial charge in [-0.05, 0) is 68.3 Å². The largest absolute Gasteiger partial charge is 0.264 e. The fourth-order valence-corrected chi connectivity index (χ4v) is 3.31.